The van der Waals surface area contributed by atoms with E-state index in [1.165, 1.54) is 16.7 Å². The van der Waals surface area contributed by atoms with Gasteiger partial charge in [-0.15, -0.1) is 0 Å². The van der Waals surface area contributed by atoms with Gasteiger partial charge in [-0.1, -0.05) is 29.8 Å². The normalized spacial score (nSPS) is 19.2. The smallest absolute Gasteiger partial charge is 0.160 e. The zero-order valence-corrected chi connectivity index (χ0v) is 14.5. The number of phenols is 1. The van der Waals surface area contributed by atoms with Gasteiger partial charge >= 0.3 is 0 Å². The number of rotatable bonds is 3. The molecule has 0 saturated heterocycles. The molecular formula is C20H26NO2+. The first kappa shape index (κ1) is 15.9. The molecule has 0 saturated carbocycles. The molecule has 1 heterocycles. The van der Waals surface area contributed by atoms with Crippen LogP contribution in [0.2, 0.25) is 0 Å². The minimum Gasteiger partial charge on any atom is -0.504 e. The van der Waals surface area contributed by atoms with E-state index in [0.717, 1.165) is 29.4 Å². The molecule has 3 heteroatoms. The van der Waals surface area contributed by atoms with Crippen molar-refractivity contribution in [3.63, 3.8) is 0 Å². The molecule has 2 aromatic carbocycles. The highest BCUT2D eigenvalue weighted by molar-refractivity contribution is 5.43. The summed E-state index contributed by atoms with van der Waals surface area (Å²) in [5.41, 5.74) is 5.40. The van der Waals surface area contributed by atoms with Crippen molar-refractivity contribution in [1.29, 1.82) is 0 Å². The van der Waals surface area contributed by atoms with Gasteiger partial charge in [0.2, 0.25) is 0 Å². The molecule has 3 nitrogen and oxygen atoms in total. The molecule has 0 aromatic heterocycles. The molecule has 2 aromatic rings. The van der Waals surface area contributed by atoms with Crippen LogP contribution in [0.1, 0.15) is 28.3 Å². The second-order valence-electron chi connectivity index (χ2n) is 7.18. The van der Waals surface area contributed by atoms with E-state index in [1.54, 1.807) is 7.11 Å². The number of ether oxygens (including phenoxy) is 1. The Kier molecular flexibility index (Phi) is 4.07. The Balaban J connectivity index is 1.96. The number of nitrogens with zero attached hydrogens (tertiary/aromatic N) is 1. The maximum Gasteiger partial charge on any atom is 0.160 e. The SMILES string of the molecule is COc1ccc(C[C@H]2c3ccc(C)cc3CC[N+]2(C)C)cc1O. The molecule has 0 fully saturated rings. The molecule has 0 spiro atoms. The Morgan fingerprint density at radius 3 is 2.65 bits per heavy atom. The van der Waals surface area contributed by atoms with Crippen molar-refractivity contribution in [1.82, 2.24) is 0 Å². The third kappa shape index (κ3) is 3.06. The van der Waals surface area contributed by atoms with Crippen molar-refractivity contribution in [3.05, 3.63) is 58.7 Å². The van der Waals surface area contributed by atoms with Crippen molar-refractivity contribution >= 4 is 0 Å². The van der Waals surface area contributed by atoms with Crippen LogP contribution in [-0.4, -0.2) is 37.3 Å². The highest BCUT2D eigenvalue weighted by Gasteiger charge is 2.35. The van der Waals surface area contributed by atoms with Gasteiger partial charge in [0, 0.05) is 18.4 Å². The van der Waals surface area contributed by atoms with Crippen molar-refractivity contribution in [2.45, 2.75) is 25.8 Å². The molecule has 0 aliphatic carbocycles. The van der Waals surface area contributed by atoms with E-state index in [2.05, 4.69) is 45.3 Å². The Morgan fingerprint density at radius 1 is 1.17 bits per heavy atom. The topological polar surface area (TPSA) is 29.5 Å². The molecule has 0 amide bonds. The summed E-state index contributed by atoms with van der Waals surface area (Å²) in [7, 11) is 6.18. The standard InChI is InChI=1S/C20H25NO2/c1-14-5-7-17-16(11-14)9-10-21(2,3)18(17)12-15-6-8-20(23-4)19(22)13-15/h5-8,11,13,18H,9-10,12H2,1-4H3/p+1/t18-/m0/s1. The number of hydrogen-bond donors (Lipinski definition) is 1. The van der Waals surface area contributed by atoms with Gasteiger partial charge in [-0.25, -0.2) is 0 Å². The lowest BCUT2D eigenvalue weighted by atomic mass is 9.86. The number of fused-ring (bicyclic) bond motifs is 1. The van der Waals surface area contributed by atoms with Gasteiger partial charge in [0.25, 0.3) is 0 Å². The zero-order chi connectivity index (χ0) is 16.6. The lowest BCUT2D eigenvalue weighted by Gasteiger charge is -2.43. The molecule has 1 aliphatic rings. The van der Waals surface area contributed by atoms with E-state index in [-0.39, 0.29) is 5.75 Å². The summed E-state index contributed by atoms with van der Waals surface area (Å²) in [4.78, 5) is 0. The quantitative estimate of drug-likeness (QED) is 0.877. The van der Waals surface area contributed by atoms with Crippen LogP contribution in [0, 0.1) is 6.92 Å². The first-order valence-corrected chi connectivity index (χ1v) is 8.18. The summed E-state index contributed by atoms with van der Waals surface area (Å²) in [6.45, 7) is 3.30. The third-order valence-electron chi connectivity index (χ3n) is 5.13. The minimum atomic E-state index is 0.218. The second-order valence-corrected chi connectivity index (χ2v) is 7.18. The largest absolute Gasteiger partial charge is 0.504 e. The van der Waals surface area contributed by atoms with Gasteiger partial charge in [0.1, 0.15) is 6.04 Å². The van der Waals surface area contributed by atoms with E-state index in [1.807, 2.05) is 12.1 Å². The summed E-state index contributed by atoms with van der Waals surface area (Å²) in [5, 5.41) is 10.1. The molecule has 0 radical (unpaired) electrons. The van der Waals surface area contributed by atoms with Crippen LogP contribution in [0.15, 0.2) is 36.4 Å². The van der Waals surface area contributed by atoms with E-state index in [4.69, 9.17) is 4.74 Å². The van der Waals surface area contributed by atoms with E-state index in [0.29, 0.717) is 11.8 Å². The first-order chi connectivity index (χ1) is 10.9. The van der Waals surface area contributed by atoms with Crippen LogP contribution in [-0.2, 0) is 12.8 Å². The fourth-order valence-electron chi connectivity index (χ4n) is 3.66. The van der Waals surface area contributed by atoms with Crippen LogP contribution < -0.4 is 4.74 Å². The Labute approximate surface area is 138 Å². The summed E-state index contributed by atoms with van der Waals surface area (Å²) in [6.07, 6.45) is 2.05. The van der Waals surface area contributed by atoms with Crippen LogP contribution in [0.25, 0.3) is 0 Å². The van der Waals surface area contributed by atoms with Crippen LogP contribution >= 0.6 is 0 Å². The highest BCUT2D eigenvalue weighted by atomic mass is 16.5. The molecule has 0 unspecified atom stereocenters. The van der Waals surface area contributed by atoms with Gasteiger partial charge in [-0.3, -0.25) is 0 Å². The van der Waals surface area contributed by atoms with Crippen LogP contribution in [0.3, 0.4) is 0 Å². The summed E-state index contributed by atoms with van der Waals surface area (Å²) < 4.78 is 6.12. The molecule has 3 rings (SSSR count). The second kappa shape index (κ2) is 5.89. The summed E-state index contributed by atoms with van der Waals surface area (Å²) in [6, 6.07) is 13.0. The number of phenolic OH excluding ortho intramolecular Hbond substituents is 1. The number of hydrogen-bond acceptors (Lipinski definition) is 2. The first-order valence-electron chi connectivity index (χ1n) is 8.18. The van der Waals surface area contributed by atoms with Gasteiger partial charge in [0.15, 0.2) is 11.5 Å². The summed E-state index contributed by atoms with van der Waals surface area (Å²) in [5.74, 6) is 0.748. The number of methoxy groups -OCH3 is 1. The fourth-order valence-corrected chi connectivity index (χ4v) is 3.66. The van der Waals surface area contributed by atoms with E-state index < -0.39 is 0 Å². The molecule has 1 atom stereocenters. The third-order valence-corrected chi connectivity index (χ3v) is 5.13. The molecule has 1 N–H and O–H groups in total. The predicted octanol–water partition coefficient (Wildman–Crippen LogP) is 3.63. The Hall–Kier alpha value is -2.00. The number of aryl methyl sites for hydroxylation is 1. The number of quaternary nitrogens is 1. The molecule has 122 valence electrons. The van der Waals surface area contributed by atoms with Crippen molar-refractivity contribution in [2.75, 3.05) is 27.7 Å². The summed E-state index contributed by atoms with van der Waals surface area (Å²) >= 11 is 0. The maximum atomic E-state index is 10.1. The average molecular weight is 312 g/mol. The Morgan fingerprint density at radius 2 is 1.96 bits per heavy atom. The number of likely N-dealkylation sites (N-methyl/N-ethyl adjacent to an activating group) is 1. The number of benzene rings is 2. The highest BCUT2D eigenvalue weighted by Crippen LogP contribution is 2.37. The lowest BCUT2D eigenvalue weighted by molar-refractivity contribution is -0.923. The van der Waals surface area contributed by atoms with Gasteiger partial charge in [0.05, 0.1) is 27.7 Å². The van der Waals surface area contributed by atoms with Gasteiger partial charge in [-0.05, 0) is 30.2 Å². The van der Waals surface area contributed by atoms with E-state index >= 15 is 0 Å². The zero-order valence-electron chi connectivity index (χ0n) is 14.5. The Bertz CT molecular complexity index is 722. The lowest BCUT2D eigenvalue weighted by Crippen LogP contribution is -2.48. The molecular weight excluding hydrogens is 286 g/mol. The van der Waals surface area contributed by atoms with Crippen molar-refractivity contribution in [2.24, 2.45) is 0 Å². The van der Waals surface area contributed by atoms with Crippen LogP contribution in [0.5, 0.6) is 11.5 Å². The average Bonchev–Trinajstić information content (AvgIpc) is 2.50. The van der Waals surface area contributed by atoms with E-state index in [9.17, 15) is 5.11 Å². The van der Waals surface area contributed by atoms with Crippen molar-refractivity contribution in [3.8, 4) is 11.5 Å². The van der Waals surface area contributed by atoms with Gasteiger partial charge < -0.3 is 14.3 Å². The minimum absolute atomic E-state index is 0.218. The molecule has 0 bridgehead atoms. The van der Waals surface area contributed by atoms with Gasteiger partial charge in [-0.2, -0.15) is 0 Å². The monoisotopic (exact) mass is 312 g/mol. The number of aromatic hydroxyl groups is 1. The fraction of sp³-hybridized carbons (Fsp3) is 0.400. The maximum absolute atomic E-state index is 10.1. The van der Waals surface area contributed by atoms with Crippen LogP contribution in [0.4, 0.5) is 0 Å². The molecule has 1 aliphatic heterocycles. The predicted molar refractivity (Wildman–Crippen MR) is 93.0 cm³/mol. The molecule has 23 heavy (non-hydrogen) atoms. The van der Waals surface area contributed by atoms with Crippen molar-refractivity contribution < 1.29 is 14.3 Å².